The molecule has 3 nitrogen and oxygen atoms in total. The van der Waals surface area contributed by atoms with Crippen molar-refractivity contribution in [1.82, 2.24) is 9.72 Å². The van der Waals surface area contributed by atoms with Crippen molar-refractivity contribution in [1.29, 1.82) is 0 Å². The summed E-state index contributed by atoms with van der Waals surface area (Å²) in [6, 6.07) is 4.26. The zero-order chi connectivity index (χ0) is 11.0. The van der Waals surface area contributed by atoms with Gasteiger partial charge >= 0.3 is 0 Å². The van der Waals surface area contributed by atoms with Gasteiger partial charge < -0.3 is 9.09 Å². The van der Waals surface area contributed by atoms with E-state index in [1.165, 1.54) is 17.0 Å². The molecule has 0 fully saturated rings. The van der Waals surface area contributed by atoms with Crippen LogP contribution < -0.4 is 0 Å². The molecule has 2 aromatic heterocycles. The van der Waals surface area contributed by atoms with Crippen molar-refractivity contribution in [3.05, 3.63) is 40.5 Å². The Labute approximate surface area is 89.7 Å². The third-order valence-electron chi connectivity index (χ3n) is 2.91. The molecule has 3 heteroatoms. The summed E-state index contributed by atoms with van der Waals surface area (Å²) in [6.45, 7) is 9.03. The van der Waals surface area contributed by atoms with E-state index >= 15 is 0 Å². The van der Waals surface area contributed by atoms with E-state index in [0.717, 1.165) is 18.0 Å². The second-order valence-corrected chi connectivity index (χ2v) is 4.00. The summed E-state index contributed by atoms with van der Waals surface area (Å²) in [5.74, 6) is 0.917. The highest BCUT2D eigenvalue weighted by Gasteiger charge is 2.11. The zero-order valence-electron chi connectivity index (χ0n) is 9.66. The average Bonchev–Trinajstić information content (AvgIpc) is 2.67. The quantitative estimate of drug-likeness (QED) is 0.753. The highest BCUT2D eigenvalue weighted by atomic mass is 16.5. The van der Waals surface area contributed by atoms with Crippen LogP contribution in [0.1, 0.15) is 28.4 Å². The lowest BCUT2D eigenvalue weighted by Crippen LogP contribution is -2.04. The first-order valence-electron chi connectivity index (χ1n) is 5.14. The van der Waals surface area contributed by atoms with Crippen LogP contribution in [-0.2, 0) is 6.54 Å². The molecule has 0 aliphatic rings. The van der Waals surface area contributed by atoms with Crippen LogP contribution in [0.5, 0.6) is 0 Å². The maximum absolute atomic E-state index is 5.16. The van der Waals surface area contributed by atoms with Crippen molar-refractivity contribution in [2.24, 2.45) is 0 Å². The standard InChI is InChI=1S/C12H16N2O/c1-8-5-6-9(2)14(8)7-12-10(3)13-15-11(12)4/h5-6H,7H2,1-4H3. The van der Waals surface area contributed by atoms with Gasteiger partial charge in [-0.05, 0) is 39.8 Å². The van der Waals surface area contributed by atoms with E-state index in [1.54, 1.807) is 0 Å². The summed E-state index contributed by atoms with van der Waals surface area (Å²) in [5.41, 5.74) is 4.72. The van der Waals surface area contributed by atoms with Crippen molar-refractivity contribution in [3.8, 4) is 0 Å². The summed E-state index contributed by atoms with van der Waals surface area (Å²) in [6.07, 6.45) is 0. The minimum Gasteiger partial charge on any atom is -0.361 e. The van der Waals surface area contributed by atoms with E-state index in [9.17, 15) is 0 Å². The van der Waals surface area contributed by atoms with Gasteiger partial charge in [0.1, 0.15) is 5.76 Å². The van der Waals surface area contributed by atoms with Crippen LogP contribution in [0.3, 0.4) is 0 Å². The molecule has 2 heterocycles. The van der Waals surface area contributed by atoms with Gasteiger partial charge in [0.05, 0.1) is 12.2 Å². The Bertz CT molecular complexity index is 397. The Morgan fingerprint density at radius 2 is 1.73 bits per heavy atom. The van der Waals surface area contributed by atoms with Gasteiger partial charge in [0.25, 0.3) is 0 Å². The summed E-state index contributed by atoms with van der Waals surface area (Å²) >= 11 is 0. The third kappa shape index (κ3) is 1.69. The largest absolute Gasteiger partial charge is 0.361 e. The molecule has 0 radical (unpaired) electrons. The molecule has 0 atom stereocenters. The van der Waals surface area contributed by atoms with E-state index in [1.807, 2.05) is 13.8 Å². The van der Waals surface area contributed by atoms with Gasteiger partial charge in [0, 0.05) is 17.0 Å². The second kappa shape index (κ2) is 3.57. The minimum absolute atomic E-state index is 0.853. The minimum atomic E-state index is 0.853. The molecule has 0 aliphatic carbocycles. The van der Waals surface area contributed by atoms with Gasteiger partial charge in [-0.2, -0.15) is 0 Å². The van der Waals surface area contributed by atoms with Crippen LogP contribution >= 0.6 is 0 Å². The fraction of sp³-hybridized carbons (Fsp3) is 0.417. The second-order valence-electron chi connectivity index (χ2n) is 4.00. The van der Waals surface area contributed by atoms with E-state index in [0.29, 0.717) is 0 Å². The monoisotopic (exact) mass is 204 g/mol. The Balaban J connectivity index is 2.37. The van der Waals surface area contributed by atoms with Crippen molar-refractivity contribution >= 4 is 0 Å². The van der Waals surface area contributed by atoms with Crippen LogP contribution in [0.2, 0.25) is 0 Å². The van der Waals surface area contributed by atoms with E-state index in [2.05, 4.69) is 35.7 Å². The van der Waals surface area contributed by atoms with Crippen LogP contribution in [-0.4, -0.2) is 9.72 Å². The summed E-state index contributed by atoms with van der Waals surface area (Å²) in [5, 5.41) is 3.97. The lowest BCUT2D eigenvalue weighted by atomic mass is 10.2. The fourth-order valence-electron chi connectivity index (χ4n) is 1.83. The maximum Gasteiger partial charge on any atom is 0.138 e. The summed E-state index contributed by atoms with van der Waals surface area (Å²) < 4.78 is 7.43. The predicted molar refractivity (Wildman–Crippen MR) is 59.0 cm³/mol. The van der Waals surface area contributed by atoms with Gasteiger partial charge in [-0.25, -0.2) is 0 Å². The first-order valence-corrected chi connectivity index (χ1v) is 5.14. The van der Waals surface area contributed by atoms with Crippen LogP contribution in [0.4, 0.5) is 0 Å². The number of aryl methyl sites for hydroxylation is 4. The SMILES string of the molecule is Cc1noc(C)c1Cn1c(C)ccc1C. The molecule has 15 heavy (non-hydrogen) atoms. The molecule has 0 bridgehead atoms. The number of nitrogens with zero attached hydrogens (tertiary/aromatic N) is 2. The van der Waals surface area contributed by atoms with Gasteiger partial charge in [-0.15, -0.1) is 0 Å². The Morgan fingerprint density at radius 3 is 2.20 bits per heavy atom. The molecule has 0 spiro atoms. The fourth-order valence-corrected chi connectivity index (χ4v) is 1.83. The van der Waals surface area contributed by atoms with Gasteiger partial charge in [-0.1, -0.05) is 5.16 Å². The Hall–Kier alpha value is -1.51. The van der Waals surface area contributed by atoms with Gasteiger partial charge in [-0.3, -0.25) is 0 Å². The number of hydrogen-bond acceptors (Lipinski definition) is 2. The van der Waals surface area contributed by atoms with Crippen LogP contribution in [0.25, 0.3) is 0 Å². The van der Waals surface area contributed by atoms with Crippen molar-refractivity contribution in [2.75, 3.05) is 0 Å². The molecule has 0 unspecified atom stereocenters. The first-order chi connectivity index (χ1) is 7.09. The average molecular weight is 204 g/mol. The molecule has 0 N–H and O–H groups in total. The molecule has 80 valence electrons. The number of hydrogen-bond donors (Lipinski definition) is 0. The Kier molecular flexibility index (Phi) is 2.39. The normalized spacial score (nSPS) is 10.9. The van der Waals surface area contributed by atoms with Crippen molar-refractivity contribution < 1.29 is 4.52 Å². The first kappa shape index (κ1) is 10.0. The van der Waals surface area contributed by atoms with E-state index in [4.69, 9.17) is 4.52 Å². The summed E-state index contributed by atoms with van der Waals surface area (Å²) in [4.78, 5) is 0. The van der Waals surface area contributed by atoms with Crippen molar-refractivity contribution in [3.63, 3.8) is 0 Å². The topological polar surface area (TPSA) is 31.0 Å². The summed E-state index contributed by atoms with van der Waals surface area (Å²) in [7, 11) is 0. The Morgan fingerprint density at radius 1 is 1.13 bits per heavy atom. The molecule has 2 rings (SSSR count). The lowest BCUT2D eigenvalue weighted by molar-refractivity contribution is 0.392. The molecule has 0 amide bonds. The molecule has 0 aromatic carbocycles. The highest BCUT2D eigenvalue weighted by molar-refractivity contribution is 5.24. The number of rotatable bonds is 2. The molecule has 0 aliphatic heterocycles. The highest BCUT2D eigenvalue weighted by Crippen LogP contribution is 2.17. The van der Waals surface area contributed by atoms with Crippen molar-refractivity contribution in [2.45, 2.75) is 34.2 Å². The van der Waals surface area contributed by atoms with E-state index < -0.39 is 0 Å². The van der Waals surface area contributed by atoms with Gasteiger partial charge in [0.2, 0.25) is 0 Å². The van der Waals surface area contributed by atoms with Crippen LogP contribution in [0, 0.1) is 27.7 Å². The van der Waals surface area contributed by atoms with Crippen LogP contribution in [0.15, 0.2) is 16.7 Å². The predicted octanol–water partition coefficient (Wildman–Crippen LogP) is 2.76. The lowest BCUT2D eigenvalue weighted by Gasteiger charge is -2.08. The molecule has 2 aromatic rings. The third-order valence-corrected chi connectivity index (χ3v) is 2.91. The molecule has 0 saturated heterocycles. The van der Waals surface area contributed by atoms with E-state index in [-0.39, 0.29) is 0 Å². The number of aromatic nitrogens is 2. The maximum atomic E-state index is 5.16. The molecular formula is C12H16N2O. The smallest absolute Gasteiger partial charge is 0.138 e. The van der Waals surface area contributed by atoms with Gasteiger partial charge in [0.15, 0.2) is 0 Å². The molecular weight excluding hydrogens is 188 g/mol. The molecule has 0 saturated carbocycles. The zero-order valence-corrected chi connectivity index (χ0v) is 9.66.